The summed E-state index contributed by atoms with van der Waals surface area (Å²) in [5, 5.41) is 18.9. The number of carbonyl (C=O) groups is 2. The van der Waals surface area contributed by atoms with Gasteiger partial charge in [0.15, 0.2) is 0 Å². The van der Waals surface area contributed by atoms with Crippen LogP contribution in [-0.4, -0.2) is 75.5 Å². The third kappa shape index (κ3) is 13.4. The Labute approximate surface area is 396 Å². The number of benzene rings is 4. The monoisotopic (exact) mass is 1010 g/mol. The largest absolute Gasteiger partial charge is 0.490 e. The lowest BCUT2D eigenvalue weighted by molar-refractivity contribution is -0.146. The average Bonchev–Trinajstić information content (AvgIpc) is 3.28. The maximum absolute atomic E-state index is 14.1. The van der Waals surface area contributed by atoms with Gasteiger partial charge < -0.3 is 19.7 Å². The average molecular weight is 1010 g/mol. The van der Waals surface area contributed by atoms with Crippen LogP contribution in [0.4, 0.5) is 52.7 Å². The van der Waals surface area contributed by atoms with Crippen molar-refractivity contribution in [1.82, 2.24) is 4.90 Å². The maximum Gasteiger partial charge on any atom is 0.420 e. The second kappa shape index (κ2) is 21.1. The van der Waals surface area contributed by atoms with Gasteiger partial charge in [0, 0.05) is 62.7 Å². The zero-order valence-corrected chi connectivity index (χ0v) is 38.1. The predicted molar refractivity (Wildman–Crippen MR) is 236 cm³/mol. The number of aliphatic hydroxyl groups is 1. The molecule has 9 rings (SSSR count). The molecule has 0 aromatic heterocycles. The van der Waals surface area contributed by atoms with E-state index in [-0.39, 0.29) is 115 Å². The van der Waals surface area contributed by atoms with Crippen molar-refractivity contribution >= 4 is 33.8 Å². The van der Waals surface area contributed by atoms with Gasteiger partial charge in [0.2, 0.25) is 17.8 Å². The van der Waals surface area contributed by atoms with E-state index in [1.165, 1.54) is 42.5 Å². The highest BCUT2D eigenvalue weighted by Crippen LogP contribution is 2.46. The van der Waals surface area contributed by atoms with Crippen LogP contribution in [0.5, 0.6) is 11.5 Å². The lowest BCUT2D eigenvalue weighted by atomic mass is 9.78. The normalized spacial score (nSPS) is 24.2. The van der Waals surface area contributed by atoms with Gasteiger partial charge in [0.1, 0.15) is 28.9 Å². The van der Waals surface area contributed by atoms with E-state index in [0.29, 0.717) is 31.1 Å². The smallest absolute Gasteiger partial charge is 0.420 e. The van der Waals surface area contributed by atoms with Gasteiger partial charge in [-0.1, -0.05) is 42.8 Å². The number of carboxylic acids is 1. The number of halogens is 12. The molecule has 70 heavy (non-hydrogen) atoms. The SMILES string of the molecule is O=C(O)C1CC2CCCC(C1)N2Cc1ccc2c(C(F)(F)F)c(OC3CCC(F)(F)CC3)ccc2c1.O=Cc1ccc2c(C(F)(F)F)c(OC3CCC(F)(F)CC3)ccc2c1.OC1CCC(F)(F)CC1. The summed E-state index contributed by atoms with van der Waals surface area (Å²) in [5.41, 5.74) is -0.670. The van der Waals surface area contributed by atoms with Gasteiger partial charge in [-0.2, -0.15) is 26.3 Å². The Morgan fingerprint density at radius 3 is 1.46 bits per heavy atom. The van der Waals surface area contributed by atoms with Crippen LogP contribution < -0.4 is 9.47 Å². The van der Waals surface area contributed by atoms with Gasteiger partial charge in [-0.3, -0.25) is 14.5 Å². The number of rotatable bonds is 8. The minimum Gasteiger partial charge on any atom is -0.490 e. The first-order chi connectivity index (χ1) is 32.8. The number of carbonyl (C=O) groups excluding carboxylic acids is 1. The van der Waals surface area contributed by atoms with Gasteiger partial charge in [0.25, 0.3) is 0 Å². The van der Waals surface area contributed by atoms with E-state index in [2.05, 4.69) is 4.90 Å². The molecule has 4 aromatic carbocycles. The van der Waals surface area contributed by atoms with Gasteiger partial charge in [-0.15, -0.1) is 0 Å². The number of alkyl halides is 12. The summed E-state index contributed by atoms with van der Waals surface area (Å²) in [6.07, 6.45) is -7.77. The molecular weight excluding hydrogens is 951 g/mol. The molecule has 2 bridgehead atoms. The first kappa shape index (κ1) is 53.0. The fourth-order valence-electron chi connectivity index (χ4n) is 10.4. The zero-order valence-electron chi connectivity index (χ0n) is 38.1. The summed E-state index contributed by atoms with van der Waals surface area (Å²) in [5.74, 6) is -9.83. The molecule has 2 saturated heterocycles. The quantitative estimate of drug-likeness (QED) is 0.134. The summed E-state index contributed by atoms with van der Waals surface area (Å²) in [6, 6.07) is 14.7. The second-order valence-corrected chi connectivity index (χ2v) is 19.4. The number of ether oxygens (including phenoxy) is 2. The standard InChI is InChI=1S/C27H30F5NO3.C18H15F5O2.C6H10F2O/c28-26(29)10-8-21(9-11-26)36-23-7-5-17-12-16(4-6-22(17)24(23)27(30,31)32)15-33-19-2-1-3-20(33)14-18(13-19)25(34)35;19-17(20)7-5-13(6-8-17)25-15-4-2-12-9-11(10-24)1-3-14(12)16(15)18(21,22)23;7-6(8)3-1-5(9)2-4-6/h4-7,12,18-21H,1-3,8-11,13-15H2,(H,34,35);1-4,9-10,13H,5-8H2;5,9H,1-4H2. The second-order valence-electron chi connectivity index (χ2n) is 19.4. The fourth-order valence-corrected chi connectivity index (χ4v) is 10.4. The van der Waals surface area contributed by atoms with Crippen molar-refractivity contribution in [3.05, 3.63) is 82.9 Å². The Bertz CT molecular complexity index is 2430. The highest BCUT2D eigenvalue weighted by molar-refractivity contribution is 5.93. The van der Waals surface area contributed by atoms with Crippen LogP contribution in [0.1, 0.15) is 136 Å². The molecule has 384 valence electrons. The molecule has 2 N–H and O–H groups in total. The van der Waals surface area contributed by atoms with Crippen LogP contribution in [0.2, 0.25) is 0 Å². The first-order valence-electron chi connectivity index (χ1n) is 23.7. The number of nitrogens with zero attached hydrogens (tertiary/aromatic N) is 1. The van der Waals surface area contributed by atoms with Gasteiger partial charge >= 0.3 is 18.3 Å². The first-order valence-corrected chi connectivity index (χ1v) is 23.7. The number of carboxylic acid groups (broad SMARTS) is 1. The zero-order chi connectivity index (χ0) is 50.8. The Morgan fingerprint density at radius 1 is 0.614 bits per heavy atom. The number of hydrogen-bond donors (Lipinski definition) is 2. The number of piperidine rings is 2. The molecule has 0 spiro atoms. The van der Waals surface area contributed by atoms with Crippen molar-refractivity contribution in [3.8, 4) is 11.5 Å². The molecular formula is C51H55F12NO6. The van der Waals surface area contributed by atoms with E-state index in [1.54, 1.807) is 18.2 Å². The molecule has 3 saturated carbocycles. The molecule has 3 aliphatic carbocycles. The van der Waals surface area contributed by atoms with Crippen molar-refractivity contribution in [3.63, 3.8) is 0 Å². The predicted octanol–water partition coefficient (Wildman–Crippen LogP) is 14.2. The van der Waals surface area contributed by atoms with Crippen molar-refractivity contribution in [2.45, 2.75) is 176 Å². The minimum absolute atomic E-state index is 0.00636. The Balaban J connectivity index is 0.000000183. The maximum atomic E-state index is 14.1. The van der Waals surface area contributed by atoms with Gasteiger partial charge in [-0.25, -0.2) is 26.3 Å². The summed E-state index contributed by atoms with van der Waals surface area (Å²) in [7, 11) is 0. The third-order valence-corrected chi connectivity index (χ3v) is 14.2. The van der Waals surface area contributed by atoms with E-state index >= 15 is 0 Å². The molecule has 0 amide bonds. The molecule has 2 heterocycles. The van der Waals surface area contributed by atoms with E-state index in [9.17, 15) is 67.4 Å². The van der Waals surface area contributed by atoms with E-state index < -0.39 is 78.4 Å². The lowest BCUT2D eigenvalue weighted by Crippen LogP contribution is -2.52. The summed E-state index contributed by atoms with van der Waals surface area (Å²) in [4.78, 5) is 24.7. The van der Waals surface area contributed by atoms with Crippen molar-refractivity contribution < 1.29 is 82.0 Å². The van der Waals surface area contributed by atoms with E-state index in [1.807, 2.05) is 0 Å². The van der Waals surface area contributed by atoms with Crippen LogP contribution in [0.3, 0.4) is 0 Å². The van der Waals surface area contributed by atoms with Crippen LogP contribution in [0.25, 0.3) is 21.5 Å². The fraction of sp³-hybridized carbons (Fsp3) is 0.569. The van der Waals surface area contributed by atoms with E-state index in [4.69, 9.17) is 14.6 Å². The lowest BCUT2D eigenvalue weighted by Gasteiger charge is -2.48. The number of fused-ring (bicyclic) bond motifs is 4. The number of aldehydes is 1. The molecule has 7 nitrogen and oxygen atoms in total. The van der Waals surface area contributed by atoms with Gasteiger partial charge in [0.05, 0.1) is 24.2 Å². The van der Waals surface area contributed by atoms with Crippen LogP contribution in [0.15, 0.2) is 60.7 Å². The van der Waals surface area contributed by atoms with E-state index in [0.717, 1.165) is 24.8 Å². The number of aliphatic carboxylic acids is 1. The van der Waals surface area contributed by atoms with Crippen molar-refractivity contribution in [2.24, 2.45) is 5.92 Å². The Kier molecular flexibility index (Phi) is 16.0. The van der Waals surface area contributed by atoms with Crippen LogP contribution in [0, 0.1) is 5.92 Å². The highest BCUT2D eigenvalue weighted by Gasteiger charge is 2.43. The Hall–Kier alpha value is -4.78. The molecule has 0 radical (unpaired) electrons. The number of hydrogen-bond acceptors (Lipinski definition) is 6. The Morgan fingerprint density at radius 2 is 1.04 bits per heavy atom. The summed E-state index contributed by atoms with van der Waals surface area (Å²) >= 11 is 0. The molecule has 5 fully saturated rings. The van der Waals surface area contributed by atoms with Gasteiger partial charge in [-0.05, 0) is 116 Å². The molecule has 19 heteroatoms. The summed E-state index contributed by atoms with van der Waals surface area (Å²) < 4.78 is 172. The topological polar surface area (TPSA) is 96.3 Å². The molecule has 2 aliphatic heterocycles. The van der Waals surface area contributed by atoms with Crippen LogP contribution in [-0.2, 0) is 23.7 Å². The van der Waals surface area contributed by atoms with Crippen LogP contribution >= 0.6 is 0 Å². The molecule has 4 aromatic rings. The summed E-state index contributed by atoms with van der Waals surface area (Å²) in [6.45, 7) is 0.563. The highest BCUT2D eigenvalue weighted by atomic mass is 19.4. The number of aliphatic hydroxyl groups excluding tert-OH is 1. The van der Waals surface area contributed by atoms with Crippen molar-refractivity contribution in [1.29, 1.82) is 0 Å². The minimum atomic E-state index is -4.67. The molecule has 2 unspecified atom stereocenters. The molecule has 2 atom stereocenters. The third-order valence-electron chi connectivity index (χ3n) is 14.2. The molecule has 5 aliphatic rings. The van der Waals surface area contributed by atoms with Crippen molar-refractivity contribution in [2.75, 3.05) is 0 Å².